The summed E-state index contributed by atoms with van der Waals surface area (Å²) in [4.78, 5) is 23.3. The van der Waals surface area contributed by atoms with E-state index < -0.39 is 16.0 Å². The van der Waals surface area contributed by atoms with Crippen molar-refractivity contribution in [3.05, 3.63) is 59.7 Å². The van der Waals surface area contributed by atoms with Gasteiger partial charge in [-0.1, -0.05) is 12.1 Å². The van der Waals surface area contributed by atoms with Gasteiger partial charge >= 0.3 is 5.97 Å². The Bertz CT molecular complexity index is 928. The first-order chi connectivity index (χ1) is 13.8. The molecule has 0 aliphatic rings. The number of benzene rings is 2. The number of hydrogen-bond donors (Lipinski definition) is 2. The van der Waals surface area contributed by atoms with Crippen LogP contribution >= 0.6 is 11.8 Å². The molecule has 156 valence electrons. The lowest BCUT2D eigenvalue weighted by molar-refractivity contribution is -0.118. The van der Waals surface area contributed by atoms with Crippen molar-refractivity contribution in [3.8, 4) is 5.75 Å². The van der Waals surface area contributed by atoms with Crippen LogP contribution in [0.5, 0.6) is 5.75 Å². The Balaban J connectivity index is 1.63. The van der Waals surface area contributed by atoms with Crippen molar-refractivity contribution in [2.45, 2.75) is 11.4 Å². The van der Waals surface area contributed by atoms with Crippen LogP contribution in [-0.4, -0.2) is 45.5 Å². The number of carbonyl (C=O) groups excluding carboxylic acids is 2. The van der Waals surface area contributed by atoms with Crippen molar-refractivity contribution >= 4 is 33.7 Å². The topological polar surface area (TPSA) is 125 Å². The molecule has 0 unspecified atom stereocenters. The fourth-order valence-corrected chi connectivity index (χ4v) is 3.39. The number of esters is 1. The summed E-state index contributed by atoms with van der Waals surface area (Å²) in [6.07, 6.45) is 0. The molecule has 0 atom stereocenters. The molecule has 2 aromatic rings. The summed E-state index contributed by atoms with van der Waals surface area (Å²) in [5.74, 6) is 0.897. The Morgan fingerprint density at radius 3 is 2.31 bits per heavy atom. The molecule has 0 heterocycles. The molecule has 0 saturated heterocycles. The first-order valence-corrected chi connectivity index (χ1v) is 11.3. The minimum absolute atomic E-state index is 0.0239. The quantitative estimate of drug-likeness (QED) is 0.426. The molecule has 2 aromatic carbocycles. The molecule has 0 saturated carbocycles. The monoisotopic (exact) mass is 438 g/mol. The van der Waals surface area contributed by atoms with Crippen molar-refractivity contribution < 1.29 is 27.5 Å². The van der Waals surface area contributed by atoms with E-state index in [4.69, 9.17) is 9.88 Å². The Morgan fingerprint density at radius 2 is 1.72 bits per heavy atom. The Labute approximate surface area is 173 Å². The Hall–Kier alpha value is -2.56. The third-order valence-corrected chi connectivity index (χ3v) is 5.60. The van der Waals surface area contributed by atoms with Crippen LogP contribution in [0, 0.1) is 0 Å². The second-order valence-electron chi connectivity index (χ2n) is 5.88. The number of carbonyl (C=O) groups is 2. The Kier molecular flexibility index (Phi) is 8.50. The van der Waals surface area contributed by atoms with Gasteiger partial charge in [0.25, 0.3) is 0 Å². The summed E-state index contributed by atoms with van der Waals surface area (Å²) >= 11 is 1.42. The van der Waals surface area contributed by atoms with E-state index in [2.05, 4.69) is 10.1 Å². The van der Waals surface area contributed by atoms with Crippen LogP contribution in [-0.2, 0) is 26.1 Å². The van der Waals surface area contributed by atoms with E-state index in [-0.39, 0.29) is 16.6 Å². The van der Waals surface area contributed by atoms with Crippen molar-refractivity contribution in [1.29, 1.82) is 0 Å². The molecule has 0 aromatic heterocycles. The van der Waals surface area contributed by atoms with Crippen LogP contribution in [0.2, 0.25) is 0 Å². The number of methoxy groups -OCH3 is 1. The maximum Gasteiger partial charge on any atom is 0.337 e. The molecular formula is C19H22N2O6S2. The summed E-state index contributed by atoms with van der Waals surface area (Å²) in [7, 11) is -2.39. The SMILES string of the molecule is COC(=O)c1ccc(CNC(=O)CSCCOc2ccc(S(N)(=O)=O)cc2)cc1. The first-order valence-electron chi connectivity index (χ1n) is 8.57. The van der Waals surface area contributed by atoms with Gasteiger partial charge in [0, 0.05) is 12.3 Å². The fraction of sp³-hybridized carbons (Fsp3) is 0.263. The average molecular weight is 439 g/mol. The number of nitrogens with one attached hydrogen (secondary N) is 1. The van der Waals surface area contributed by atoms with E-state index in [1.165, 1.54) is 43.1 Å². The zero-order valence-corrected chi connectivity index (χ0v) is 17.4. The van der Waals surface area contributed by atoms with Gasteiger partial charge in [0.15, 0.2) is 0 Å². The van der Waals surface area contributed by atoms with Crippen LogP contribution < -0.4 is 15.2 Å². The van der Waals surface area contributed by atoms with Crippen molar-refractivity contribution in [3.63, 3.8) is 0 Å². The van der Waals surface area contributed by atoms with Gasteiger partial charge in [-0.3, -0.25) is 4.79 Å². The van der Waals surface area contributed by atoms with Gasteiger partial charge < -0.3 is 14.8 Å². The maximum atomic E-state index is 11.9. The van der Waals surface area contributed by atoms with E-state index in [1.807, 2.05) is 0 Å². The summed E-state index contributed by atoms with van der Waals surface area (Å²) in [6.45, 7) is 0.745. The van der Waals surface area contributed by atoms with Crippen molar-refractivity contribution in [2.24, 2.45) is 5.14 Å². The molecule has 0 aliphatic heterocycles. The summed E-state index contributed by atoms with van der Waals surface area (Å²) in [5.41, 5.74) is 1.33. The molecule has 29 heavy (non-hydrogen) atoms. The normalized spacial score (nSPS) is 11.0. The highest BCUT2D eigenvalue weighted by molar-refractivity contribution is 7.99. The van der Waals surface area contributed by atoms with Gasteiger partial charge in [0.1, 0.15) is 5.75 Å². The Morgan fingerprint density at radius 1 is 1.07 bits per heavy atom. The lowest BCUT2D eigenvalue weighted by Crippen LogP contribution is -2.25. The summed E-state index contributed by atoms with van der Waals surface area (Å²) in [5, 5.41) is 7.84. The molecule has 3 N–H and O–H groups in total. The fourth-order valence-electron chi connectivity index (χ4n) is 2.24. The number of nitrogens with two attached hydrogens (primary N) is 1. The van der Waals surface area contributed by atoms with Gasteiger partial charge in [0.2, 0.25) is 15.9 Å². The minimum Gasteiger partial charge on any atom is -0.493 e. The van der Waals surface area contributed by atoms with Crippen molar-refractivity contribution in [2.75, 3.05) is 25.2 Å². The summed E-state index contributed by atoms with van der Waals surface area (Å²) in [6, 6.07) is 12.6. The number of amides is 1. The van der Waals surface area contributed by atoms with Crippen LogP contribution in [0.15, 0.2) is 53.4 Å². The molecule has 1 amide bonds. The van der Waals surface area contributed by atoms with E-state index in [1.54, 1.807) is 24.3 Å². The lowest BCUT2D eigenvalue weighted by atomic mass is 10.1. The molecule has 0 bridgehead atoms. The number of ether oxygens (including phenoxy) is 2. The van der Waals surface area contributed by atoms with E-state index in [9.17, 15) is 18.0 Å². The molecule has 2 rings (SSSR count). The third kappa shape index (κ3) is 7.76. The number of hydrogen-bond acceptors (Lipinski definition) is 7. The first kappa shape index (κ1) is 22.7. The van der Waals surface area contributed by atoms with Gasteiger partial charge in [-0.25, -0.2) is 18.4 Å². The zero-order valence-electron chi connectivity index (χ0n) is 15.8. The van der Waals surface area contributed by atoms with Crippen LogP contribution in [0.25, 0.3) is 0 Å². The van der Waals surface area contributed by atoms with E-state index in [0.29, 0.717) is 30.2 Å². The number of thioether (sulfide) groups is 1. The lowest BCUT2D eigenvalue weighted by Gasteiger charge is -2.08. The highest BCUT2D eigenvalue weighted by atomic mass is 32.2. The number of rotatable bonds is 10. The molecular weight excluding hydrogens is 416 g/mol. The zero-order chi connectivity index (χ0) is 21.3. The highest BCUT2D eigenvalue weighted by Gasteiger charge is 2.08. The van der Waals surface area contributed by atoms with Crippen LogP contribution in [0.1, 0.15) is 15.9 Å². The van der Waals surface area contributed by atoms with E-state index >= 15 is 0 Å². The van der Waals surface area contributed by atoms with E-state index in [0.717, 1.165) is 5.56 Å². The molecule has 8 nitrogen and oxygen atoms in total. The van der Waals surface area contributed by atoms with Gasteiger partial charge in [-0.15, -0.1) is 11.8 Å². The number of sulfonamides is 1. The van der Waals surface area contributed by atoms with Crippen LogP contribution in [0.3, 0.4) is 0 Å². The second-order valence-corrected chi connectivity index (χ2v) is 8.55. The molecule has 0 fully saturated rings. The molecule has 0 spiro atoms. The second kappa shape index (κ2) is 10.8. The van der Waals surface area contributed by atoms with Gasteiger partial charge in [0.05, 0.1) is 29.9 Å². The smallest absolute Gasteiger partial charge is 0.337 e. The van der Waals surface area contributed by atoms with Crippen molar-refractivity contribution in [1.82, 2.24) is 5.32 Å². The average Bonchev–Trinajstić information content (AvgIpc) is 2.71. The molecule has 0 aliphatic carbocycles. The minimum atomic E-state index is -3.72. The van der Waals surface area contributed by atoms with Crippen LogP contribution in [0.4, 0.5) is 0 Å². The predicted octanol–water partition coefficient (Wildman–Crippen LogP) is 1.55. The number of primary sulfonamides is 1. The highest BCUT2D eigenvalue weighted by Crippen LogP contribution is 2.15. The largest absolute Gasteiger partial charge is 0.493 e. The standard InChI is InChI=1S/C19H22N2O6S2/c1-26-19(23)15-4-2-14(3-5-15)12-21-18(22)13-28-11-10-27-16-6-8-17(9-7-16)29(20,24)25/h2-9H,10-13H2,1H3,(H,21,22)(H2,20,24,25). The molecule has 0 radical (unpaired) electrons. The molecule has 10 heteroatoms. The predicted molar refractivity (Wildman–Crippen MR) is 110 cm³/mol. The third-order valence-electron chi connectivity index (χ3n) is 3.75. The van der Waals surface area contributed by atoms with Gasteiger partial charge in [-0.05, 0) is 42.0 Å². The summed E-state index contributed by atoms with van der Waals surface area (Å²) < 4.78 is 32.5. The maximum absolute atomic E-state index is 11.9. The van der Waals surface area contributed by atoms with Gasteiger partial charge in [-0.2, -0.15) is 0 Å².